The first-order valence-corrected chi connectivity index (χ1v) is 9.15. The Morgan fingerprint density at radius 1 is 1.28 bits per heavy atom. The average molecular weight is 402 g/mol. The molecule has 152 valence electrons. The van der Waals surface area contributed by atoms with E-state index in [0.717, 1.165) is 6.07 Å². The number of aromatic nitrogens is 3. The first-order valence-electron chi connectivity index (χ1n) is 9.15. The predicted molar refractivity (Wildman–Crippen MR) is 108 cm³/mol. The molecule has 29 heavy (non-hydrogen) atoms. The minimum Gasteiger partial charge on any atom is -0.363 e. The number of hydrogen-bond acceptors (Lipinski definition) is 4. The zero-order valence-electron chi connectivity index (χ0n) is 16.3. The standard InChI is InChI=1S/C21H21F3N4O/c1-5-11(2)28-10-16-17(9-18(28)29)26-13(4)27-21(16)25-12(3)14-7-6-8-15(19(14)22)20(23)24/h6-10,12,20H,2,5H2,1,3-4H3,(H,25,26,27)/t12-/m1/s1. The Labute approximate surface area is 165 Å². The van der Waals surface area contributed by atoms with Crippen molar-refractivity contribution in [3.63, 3.8) is 0 Å². The number of fused-ring (bicyclic) bond motifs is 1. The van der Waals surface area contributed by atoms with Crippen LogP contribution in [0.15, 0.2) is 41.8 Å². The van der Waals surface area contributed by atoms with Gasteiger partial charge >= 0.3 is 0 Å². The van der Waals surface area contributed by atoms with Crippen LogP contribution in [0.2, 0.25) is 0 Å². The van der Waals surface area contributed by atoms with E-state index in [2.05, 4.69) is 21.9 Å². The van der Waals surface area contributed by atoms with Gasteiger partial charge in [-0.15, -0.1) is 0 Å². The molecule has 2 aromatic heterocycles. The Hall–Kier alpha value is -3.16. The molecule has 1 N–H and O–H groups in total. The van der Waals surface area contributed by atoms with E-state index in [-0.39, 0.29) is 11.1 Å². The van der Waals surface area contributed by atoms with Crippen LogP contribution in [-0.2, 0) is 0 Å². The molecule has 0 saturated heterocycles. The molecule has 0 radical (unpaired) electrons. The first-order chi connectivity index (χ1) is 13.7. The highest BCUT2D eigenvalue weighted by atomic mass is 19.3. The van der Waals surface area contributed by atoms with Gasteiger partial charge in [0.25, 0.3) is 12.0 Å². The molecule has 1 atom stereocenters. The van der Waals surface area contributed by atoms with E-state index in [1.807, 2.05) is 6.92 Å². The Balaban J connectivity index is 2.09. The summed E-state index contributed by atoms with van der Waals surface area (Å²) in [5, 5.41) is 3.62. The number of nitrogens with one attached hydrogen (secondary N) is 1. The zero-order chi connectivity index (χ0) is 21.3. The van der Waals surface area contributed by atoms with Gasteiger partial charge in [0.15, 0.2) is 0 Å². The van der Waals surface area contributed by atoms with Crippen molar-refractivity contribution in [1.82, 2.24) is 14.5 Å². The van der Waals surface area contributed by atoms with Crippen molar-refractivity contribution < 1.29 is 13.2 Å². The van der Waals surface area contributed by atoms with Gasteiger partial charge in [-0.3, -0.25) is 9.36 Å². The van der Waals surface area contributed by atoms with E-state index < -0.39 is 23.8 Å². The van der Waals surface area contributed by atoms with E-state index in [9.17, 15) is 18.0 Å². The highest BCUT2D eigenvalue weighted by Crippen LogP contribution is 2.30. The molecule has 0 bridgehead atoms. The average Bonchev–Trinajstić information content (AvgIpc) is 2.66. The van der Waals surface area contributed by atoms with Gasteiger partial charge in [-0.1, -0.05) is 31.7 Å². The van der Waals surface area contributed by atoms with Crippen molar-refractivity contribution in [2.45, 2.75) is 39.7 Å². The van der Waals surface area contributed by atoms with Crippen molar-refractivity contribution in [1.29, 1.82) is 0 Å². The third kappa shape index (κ3) is 4.01. The topological polar surface area (TPSA) is 59.8 Å². The molecule has 0 amide bonds. The molecule has 0 unspecified atom stereocenters. The maximum Gasteiger partial charge on any atom is 0.266 e. The van der Waals surface area contributed by atoms with Crippen LogP contribution in [0.3, 0.4) is 0 Å². The second-order valence-corrected chi connectivity index (χ2v) is 6.74. The molecule has 2 heterocycles. The Morgan fingerprint density at radius 2 is 1.97 bits per heavy atom. The lowest BCUT2D eigenvalue weighted by atomic mass is 10.0. The van der Waals surface area contributed by atoms with Crippen LogP contribution >= 0.6 is 0 Å². The van der Waals surface area contributed by atoms with Crippen LogP contribution < -0.4 is 10.9 Å². The number of nitrogens with zero attached hydrogens (tertiary/aromatic N) is 3. The SMILES string of the molecule is C=C(CC)n1cc2c(N[C@H](C)c3cccc(C(F)F)c3F)nc(C)nc2cc1=O. The molecule has 0 aliphatic rings. The monoisotopic (exact) mass is 402 g/mol. The molecular weight excluding hydrogens is 381 g/mol. The molecule has 0 aliphatic carbocycles. The largest absolute Gasteiger partial charge is 0.363 e. The minimum atomic E-state index is -2.90. The lowest BCUT2D eigenvalue weighted by molar-refractivity contribution is 0.146. The van der Waals surface area contributed by atoms with Gasteiger partial charge in [0.05, 0.1) is 22.5 Å². The molecule has 1 aromatic carbocycles. The number of pyridine rings is 1. The van der Waals surface area contributed by atoms with Gasteiger partial charge in [0, 0.05) is 23.5 Å². The number of benzene rings is 1. The minimum absolute atomic E-state index is 0.0958. The summed E-state index contributed by atoms with van der Waals surface area (Å²) in [5.74, 6) is -0.158. The lowest BCUT2D eigenvalue weighted by Crippen LogP contribution is -2.19. The molecule has 0 spiro atoms. The second-order valence-electron chi connectivity index (χ2n) is 6.74. The third-order valence-corrected chi connectivity index (χ3v) is 4.70. The van der Waals surface area contributed by atoms with Crippen LogP contribution in [0.5, 0.6) is 0 Å². The fourth-order valence-electron chi connectivity index (χ4n) is 3.10. The summed E-state index contributed by atoms with van der Waals surface area (Å²) in [5.41, 5.74) is 0.218. The van der Waals surface area contributed by atoms with Crippen molar-refractivity contribution in [3.8, 4) is 0 Å². The highest BCUT2D eigenvalue weighted by Gasteiger charge is 2.20. The third-order valence-electron chi connectivity index (χ3n) is 4.70. The smallest absolute Gasteiger partial charge is 0.266 e. The van der Waals surface area contributed by atoms with Crippen LogP contribution in [-0.4, -0.2) is 14.5 Å². The van der Waals surface area contributed by atoms with Crippen LogP contribution in [0.25, 0.3) is 16.6 Å². The summed E-state index contributed by atoms with van der Waals surface area (Å²) in [6.45, 7) is 9.09. The van der Waals surface area contributed by atoms with Crippen molar-refractivity contribution in [2.24, 2.45) is 0 Å². The van der Waals surface area contributed by atoms with E-state index in [4.69, 9.17) is 0 Å². The maximum absolute atomic E-state index is 14.5. The van der Waals surface area contributed by atoms with Crippen molar-refractivity contribution >= 4 is 22.4 Å². The molecule has 3 rings (SSSR count). The summed E-state index contributed by atoms with van der Waals surface area (Å²) in [4.78, 5) is 21.0. The Bertz CT molecular complexity index is 1140. The van der Waals surface area contributed by atoms with Gasteiger partial charge in [-0.05, 0) is 20.3 Å². The molecule has 0 aliphatic heterocycles. The molecule has 8 heteroatoms. The van der Waals surface area contributed by atoms with Gasteiger partial charge < -0.3 is 5.32 Å². The summed E-state index contributed by atoms with van der Waals surface area (Å²) >= 11 is 0. The number of anilines is 1. The summed E-state index contributed by atoms with van der Waals surface area (Å²) in [7, 11) is 0. The van der Waals surface area contributed by atoms with Crippen LogP contribution in [0, 0.1) is 12.7 Å². The Kier molecular flexibility index (Phi) is 5.72. The number of aryl methyl sites for hydroxylation is 1. The maximum atomic E-state index is 14.5. The van der Waals surface area contributed by atoms with E-state index in [1.54, 1.807) is 20.0 Å². The van der Waals surface area contributed by atoms with Gasteiger partial charge in [-0.25, -0.2) is 23.1 Å². The first kappa shape index (κ1) is 20.6. The van der Waals surface area contributed by atoms with Gasteiger partial charge in [0.1, 0.15) is 17.5 Å². The Morgan fingerprint density at radius 3 is 2.62 bits per heavy atom. The fraction of sp³-hybridized carbons (Fsp3) is 0.286. The number of allylic oxidation sites excluding steroid dienone is 1. The highest BCUT2D eigenvalue weighted by molar-refractivity contribution is 5.89. The van der Waals surface area contributed by atoms with E-state index in [1.165, 1.54) is 22.8 Å². The summed E-state index contributed by atoms with van der Waals surface area (Å²) in [6, 6.07) is 4.64. The predicted octanol–water partition coefficient (Wildman–Crippen LogP) is 5.23. The molecule has 0 fully saturated rings. The molecular formula is C21H21F3N4O. The normalized spacial score (nSPS) is 12.4. The van der Waals surface area contributed by atoms with E-state index >= 15 is 0 Å². The number of rotatable bonds is 6. The molecule has 3 aromatic rings. The number of alkyl halides is 2. The van der Waals surface area contributed by atoms with Crippen molar-refractivity contribution in [3.05, 3.63) is 70.2 Å². The van der Waals surface area contributed by atoms with Crippen LogP contribution in [0.4, 0.5) is 19.0 Å². The van der Waals surface area contributed by atoms with Gasteiger partial charge in [0.2, 0.25) is 0 Å². The fourth-order valence-corrected chi connectivity index (χ4v) is 3.10. The number of halogens is 3. The van der Waals surface area contributed by atoms with E-state index in [0.29, 0.717) is 34.7 Å². The quantitative estimate of drug-likeness (QED) is 0.613. The van der Waals surface area contributed by atoms with Crippen molar-refractivity contribution in [2.75, 3.05) is 5.32 Å². The molecule has 0 saturated carbocycles. The van der Waals surface area contributed by atoms with Crippen LogP contribution in [0.1, 0.15) is 49.7 Å². The zero-order valence-corrected chi connectivity index (χ0v) is 16.3. The second kappa shape index (κ2) is 8.06. The number of hydrogen-bond donors (Lipinski definition) is 1. The molecule has 5 nitrogen and oxygen atoms in total. The van der Waals surface area contributed by atoms with Gasteiger partial charge in [-0.2, -0.15) is 0 Å². The summed E-state index contributed by atoms with van der Waals surface area (Å²) in [6.07, 6.45) is -0.744. The lowest BCUT2D eigenvalue weighted by Gasteiger charge is -2.19. The summed E-state index contributed by atoms with van der Waals surface area (Å²) < 4.78 is 42.0.